The van der Waals surface area contributed by atoms with Crippen LogP contribution in [0, 0.1) is 11.8 Å². The summed E-state index contributed by atoms with van der Waals surface area (Å²) in [6, 6.07) is 3.89. The summed E-state index contributed by atoms with van der Waals surface area (Å²) in [6.07, 6.45) is 0.706. The molecule has 1 aromatic rings. The van der Waals surface area contributed by atoms with Gasteiger partial charge in [-0.1, -0.05) is 26.3 Å². The maximum Gasteiger partial charge on any atom is 0.348 e. The van der Waals surface area contributed by atoms with Crippen LogP contribution in [0.3, 0.4) is 0 Å². The van der Waals surface area contributed by atoms with E-state index in [2.05, 4.69) is 0 Å². The van der Waals surface area contributed by atoms with Crippen molar-refractivity contribution in [1.82, 2.24) is 0 Å². The summed E-state index contributed by atoms with van der Waals surface area (Å²) in [5.74, 6) is -1.37. The molecule has 2 N–H and O–H groups in total. The molecular weight excluding hydrogens is 508 g/mol. The van der Waals surface area contributed by atoms with Gasteiger partial charge in [0.15, 0.2) is 17.6 Å². The van der Waals surface area contributed by atoms with Crippen LogP contribution in [0.15, 0.2) is 24.0 Å². The van der Waals surface area contributed by atoms with Crippen molar-refractivity contribution < 1.29 is 48.3 Å². The molecule has 1 fully saturated rings. The van der Waals surface area contributed by atoms with Gasteiger partial charge in [-0.15, -0.1) is 0 Å². The fourth-order valence-electron chi connectivity index (χ4n) is 6.76. The highest BCUT2D eigenvalue weighted by Gasteiger charge is 2.71. The van der Waals surface area contributed by atoms with Crippen LogP contribution in [0.1, 0.15) is 64.0 Å². The topological polar surface area (TPSA) is 138 Å². The Kier molecular flexibility index (Phi) is 7.13. The van der Waals surface area contributed by atoms with Crippen molar-refractivity contribution in [3.05, 3.63) is 35.1 Å². The zero-order valence-electron chi connectivity index (χ0n) is 22.7. The Bertz CT molecular complexity index is 1200. The van der Waals surface area contributed by atoms with E-state index in [4.69, 9.17) is 23.7 Å². The van der Waals surface area contributed by atoms with E-state index in [-0.39, 0.29) is 30.6 Å². The number of methoxy groups -OCH3 is 1. The van der Waals surface area contributed by atoms with Crippen LogP contribution in [0.2, 0.25) is 0 Å². The van der Waals surface area contributed by atoms with E-state index in [1.807, 2.05) is 26.0 Å². The Morgan fingerprint density at radius 3 is 2.64 bits per heavy atom. The minimum absolute atomic E-state index is 0.0252. The molecule has 39 heavy (non-hydrogen) atoms. The van der Waals surface area contributed by atoms with Crippen LogP contribution in [0.5, 0.6) is 11.5 Å². The SMILES string of the molecule is COc1ccc2c3c1O[C@H]1C(OC(=O)C[C@H](OC(=O)[C@H](C)O)C(=O)OCC(C)C)=CC[C@@]4(O)[C@H](CCC[C@]314)C2. The molecule has 1 heterocycles. The quantitative estimate of drug-likeness (QED) is 0.352. The molecule has 1 saturated carbocycles. The molecule has 1 aliphatic heterocycles. The second-order valence-electron chi connectivity index (χ2n) is 11.4. The fourth-order valence-corrected chi connectivity index (χ4v) is 6.76. The molecule has 4 aliphatic rings. The van der Waals surface area contributed by atoms with Gasteiger partial charge >= 0.3 is 17.9 Å². The number of rotatable bonds is 9. The van der Waals surface area contributed by atoms with Crippen molar-refractivity contribution in [3.8, 4) is 11.5 Å². The number of esters is 3. The predicted octanol–water partition coefficient (Wildman–Crippen LogP) is 2.49. The van der Waals surface area contributed by atoms with Gasteiger partial charge in [-0.05, 0) is 62.1 Å². The molecule has 6 atom stereocenters. The Hall–Kier alpha value is -3.11. The molecule has 1 spiro atoms. The molecule has 0 radical (unpaired) electrons. The summed E-state index contributed by atoms with van der Waals surface area (Å²) < 4.78 is 28.1. The minimum atomic E-state index is -1.58. The number of ether oxygens (including phenoxy) is 5. The zero-order chi connectivity index (χ0) is 28.1. The van der Waals surface area contributed by atoms with Crippen molar-refractivity contribution in [2.45, 2.75) is 88.6 Å². The van der Waals surface area contributed by atoms with Gasteiger partial charge in [-0.3, -0.25) is 4.79 Å². The van der Waals surface area contributed by atoms with Crippen molar-refractivity contribution in [2.24, 2.45) is 11.8 Å². The smallest absolute Gasteiger partial charge is 0.348 e. The number of carbonyl (C=O) groups is 3. The van der Waals surface area contributed by atoms with Crippen molar-refractivity contribution in [1.29, 1.82) is 0 Å². The van der Waals surface area contributed by atoms with Gasteiger partial charge in [0.05, 0.1) is 31.2 Å². The summed E-state index contributed by atoms with van der Waals surface area (Å²) >= 11 is 0. The third-order valence-electron chi connectivity index (χ3n) is 8.47. The first-order valence-corrected chi connectivity index (χ1v) is 13.6. The van der Waals surface area contributed by atoms with E-state index >= 15 is 0 Å². The Morgan fingerprint density at radius 2 is 1.95 bits per heavy atom. The highest BCUT2D eigenvalue weighted by atomic mass is 16.6. The monoisotopic (exact) mass is 544 g/mol. The van der Waals surface area contributed by atoms with E-state index in [9.17, 15) is 24.6 Å². The predicted molar refractivity (Wildman–Crippen MR) is 136 cm³/mol. The van der Waals surface area contributed by atoms with E-state index in [0.717, 1.165) is 30.4 Å². The van der Waals surface area contributed by atoms with Gasteiger partial charge < -0.3 is 33.9 Å². The van der Waals surface area contributed by atoms with Crippen LogP contribution >= 0.6 is 0 Å². The van der Waals surface area contributed by atoms with Crippen LogP contribution in [0.4, 0.5) is 0 Å². The highest BCUT2D eigenvalue weighted by molar-refractivity contribution is 5.85. The van der Waals surface area contributed by atoms with Gasteiger partial charge in [-0.2, -0.15) is 0 Å². The highest BCUT2D eigenvalue weighted by Crippen LogP contribution is 2.67. The van der Waals surface area contributed by atoms with Gasteiger partial charge in [0.25, 0.3) is 0 Å². The summed E-state index contributed by atoms with van der Waals surface area (Å²) in [5.41, 5.74) is 0.166. The number of aliphatic hydroxyl groups excluding tert-OH is 1. The fraction of sp³-hybridized carbons (Fsp3) is 0.621. The Labute approximate surface area is 227 Å². The van der Waals surface area contributed by atoms with Crippen LogP contribution in [-0.4, -0.2) is 65.8 Å². The molecule has 10 nitrogen and oxygen atoms in total. The van der Waals surface area contributed by atoms with Crippen molar-refractivity contribution in [2.75, 3.05) is 13.7 Å². The Balaban J connectivity index is 1.41. The molecule has 5 rings (SSSR count). The second-order valence-corrected chi connectivity index (χ2v) is 11.4. The van der Waals surface area contributed by atoms with Gasteiger partial charge in [0, 0.05) is 5.56 Å². The molecule has 0 saturated heterocycles. The van der Waals surface area contributed by atoms with Crippen LogP contribution in [-0.2, 0) is 40.4 Å². The third-order valence-corrected chi connectivity index (χ3v) is 8.47. The van der Waals surface area contributed by atoms with E-state index in [1.165, 1.54) is 6.92 Å². The van der Waals surface area contributed by atoms with E-state index in [1.54, 1.807) is 13.2 Å². The maximum absolute atomic E-state index is 13.1. The number of benzene rings is 1. The average molecular weight is 545 g/mol. The number of hydrogen-bond acceptors (Lipinski definition) is 10. The summed E-state index contributed by atoms with van der Waals surface area (Å²) in [5, 5.41) is 21.7. The lowest BCUT2D eigenvalue weighted by Crippen LogP contribution is -2.67. The zero-order valence-corrected chi connectivity index (χ0v) is 22.7. The second kappa shape index (κ2) is 10.1. The van der Waals surface area contributed by atoms with Gasteiger partial charge in [-0.25, -0.2) is 9.59 Å². The molecule has 212 valence electrons. The lowest BCUT2D eigenvalue weighted by molar-refractivity contribution is -0.177. The summed E-state index contributed by atoms with van der Waals surface area (Å²) in [6.45, 7) is 4.96. The van der Waals surface area contributed by atoms with Crippen molar-refractivity contribution in [3.63, 3.8) is 0 Å². The van der Waals surface area contributed by atoms with Crippen LogP contribution in [0.25, 0.3) is 0 Å². The molecule has 3 aliphatic carbocycles. The minimum Gasteiger partial charge on any atom is -0.493 e. The molecule has 1 aromatic carbocycles. The molecule has 0 aromatic heterocycles. The molecule has 0 amide bonds. The maximum atomic E-state index is 13.1. The number of aliphatic hydroxyl groups is 2. The molecule has 2 bridgehead atoms. The first kappa shape index (κ1) is 27.5. The first-order chi connectivity index (χ1) is 18.5. The molecule has 10 heteroatoms. The largest absolute Gasteiger partial charge is 0.493 e. The summed E-state index contributed by atoms with van der Waals surface area (Å²) in [4.78, 5) is 37.8. The Morgan fingerprint density at radius 1 is 1.18 bits per heavy atom. The number of carbonyl (C=O) groups excluding carboxylic acids is 3. The van der Waals surface area contributed by atoms with Crippen molar-refractivity contribution >= 4 is 17.9 Å². The molecular formula is C29H36O10. The average Bonchev–Trinajstić information content (AvgIpc) is 3.23. The van der Waals surface area contributed by atoms with Gasteiger partial charge in [0.1, 0.15) is 11.9 Å². The lowest BCUT2D eigenvalue weighted by atomic mass is 9.47. The summed E-state index contributed by atoms with van der Waals surface area (Å²) in [7, 11) is 1.56. The molecule has 0 unspecified atom stereocenters. The third kappa shape index (κ3) is 4.37. The van der Waals surface area contributed by atoms with E-state index < -0.39 is 53.7 Å². The lowest BCUT2D eigenvalue weighted by Gasteiger charge is -2.59. The normalized spacial score (nSPS) is 29.4. The standard InChI is InChI=1S/C29H36O10/c1-15(2)14-36-27(33)21(38-26(32)16(3)30)13-22(31)37-20-9-11-29(34)18-6-5-10-28(29)23-17(12-18)7-8-19(35-4)24(23)39-25(20)28/h7-9,15-16,18,21,25,30,34H,5-6,10-14H2,1-4H3/t16-,18+,21-,25-,28-,29+/m0/s1. The number of hydrogen-bond donors (Lipinski definition) is 2. The van der Waals surface area contributed by atoms with Gasteiger partial charge in [0.2, 0.25) is 6.10 Å². The van der Waals surface area contributed by atoms with Crippen LogP contribution < -0.4 is 9.47 Å². The first-order valence-electron chi connectivity index (χ1n) is 13.6. The van der Waals surface area contributed by atoms with E-state index in [0.29, 0.717) is 17.9 Å².